The standard InChI is InChI=1S/C20H19F2N3OS2/c21-14-4-6-15(7-5-14)27-13-8-18(26)24-9-11-25(12-10-24)20-23-19-16(22)2-1-3-17(19)28-20/h1-7H,8-13H2. The van der Waals surface area contributed by atoms with E-state index in [0.717, 1.165) is 14.7 Å². The van der Waals surface area contributed by atoms with E-state index in [1.807, 2.05) is 11.0 Å². The second-order valence-electron chi connectivity index (χ2n) is 6.50. The number of para-hydroxylation sites is 1. The van der Waals surface area contributed by atoms with Gasteiger partial charge in [0.05, 0.1) is 4.70 Å². The van der Waals surface area contributed by atoms with E-state index in [4.69, 9.17) is 0 Å². The van der Waals surface area contributed by atoms with Gasteiger partial charge >= 0.3 is 0 Å². The zero-order valence-corrected chi connectivity index (χ0v) is 16.7. The lowest BCUT2D eigenvalue weighted by atomic mass is 10.3. The summed E-state index contributed by atoms with van der Waals surface area (Å²) in [4.78, 5) is 21.8. The van der Waals surface area contributed by atoms with Crippen molar-refractivity contribution in [2.45, 2.75) is 11.3 Å². The third kappa shape index (κ3) is 4.28. The van der Waals surface area contributed by atoms with Crippen molar-refractivity contribution >= 4 is 44.4 Å². The SMILES string of the molecule is O=C(CCSc1ccc(F)cc1)N1CCN(c2nc3c(F)cccc3s2)CC1. The molecule has 2 heterocycles. The van der Waals surface area contributed by atoms with Crippen LogP contribution >= 0.6 is 23.1 Å². The highest BCUT2D eigenvalue weighted by Crippen LogP contribution is 2.30. The molecule has 0 radical (unpaired) electrons. The Balaban J connectivity index is 1.27. The third-order valence-electron chi connectivity index (χ3n) is 4.66. The van der Waals surface area contributed by atoms with Gasteiger partial charge in [0.25, 0.3) is 0 Å². The molecule has 1 aromatic heterocycles. The molecule has 0 unspecified atom stereocenters. The summed E-state index contributed by atoms with van der Waals surface area (Å²) < 4.78 is 27.6. The highest BCUT2D eigenvalue weighted by Gasteiger charge is 2.23. The summed E-state index contributed by atoms with van der Waals surface area (Å²) in [6.45, 7) is 2.66. The summed E-state index contributed by atoms with van der Waals surface area (Å²) in [5, 5.41) is 0.805. The number of hydrogen-bond acceptors (Lipinski definition) is 5. The van der Waals surface area contributed by atoms with Gasteiger partial charge in [-0.25, -0.2) is 13.8 Å². The first-order chi connectivity index (χ1) is 13.6. The molecule has 8 heteroatoms. The minimum atomic E-state index is -0.299. The van der Waals surface area contributed by atoms with Gasteiger partial charge in [-0.05, 0) is 36.4 Å². The van der Waals surface area contributed by atoms with E-state index in [2.05, 4.69) is 9.88 Å². The van der Waals surface area contributed by atoms with E-state index in [0.29, 0.717) is 43.9 Å². The summed E-state index contributed by atoms with van der Waals surface area (Å²) in [5.41, 5.74) is 0.416. The Labute approximate surface area is 170 Å². The number of nitrogens with zero attached hydrogens (tertiary/aromatic N) is 3. The predicted octanol–water partition coefficient (Wildman–Crippen LogP) is 4.41. The number of thioether (sulfide) groups is 1. The lowest BCUT2D eigenvalue weighted by Crippen LogP contribution is -2.48. The molecular formula is C20H19F2N3OS2. The molecule has 1 fully saturated rings. The molecule has 1 saturated heterocycles. The summed E-state index contributed by atoms with van der Waals surface area (Å²) in [6.07, 6.45) is 0.453. The number of rotatable bonds is 5. The van der Waals surface area contributed by atoms with Crippen LogP contribution in [0.4, 0.5) is 13.9 Å². The molecule has 146 valence electrons. The number of benzene rings is 2. The Morgan fingerprint density at radius 3 is 2.54 bits per heavy atom. The number of thiazole rings is 1. The van der Waals surface area contributed by atoms with Crippen LogP contribution in [0, 0.1) is 11.6 Å². The molecule has 0 bridgehead atoms. The van der Waals surface area contributed by atoms with Crippen LogP contribution < -0.4 is 4.90 Å². The number of fused-ring (bicyclic) bond motifs is 1. The average molecular weight is 420 g/mol. The number of hydrogen-bond donors (Lipinski definition) is 0. The number of carbonyl (C=O) groups is 1. The Morgan fingerprint density at radius 2 is 1.82 bits per heavy atom. The second-order valence-corrected chi connectivity index (χ2v) is 8.68. The topological polar surface area (TPSA) is 36.4 Å². The van der Waals surface area contributed by atoms with Crippen LogP contribution in [0.3, 0.4) is 0 Å². The third-order valence-corrected chi connectivity index (χ3v) is 6.75. The van der Waals surface area contributed by atoms with E-state index < -0.39 is 0 Å². The number of amides is 1. The molecule has 0 N–H and O–H groups in total. The van der Waals surface area contributed by atoms with Crippen LogP contribution in [0.2, 0.25) is 0 Å². The molecule has 4 nitrogen and oxygen atoms in total. The van der Waals surface area contributed by atoms with Crippen molar-refractivity contribution in [3.05, 3.63) is 54.1 Å². The van der Waals surface area contributed by atoms with E-state index in [-0.39, 0.29) is 17.5 Å². The maximum absolute atomic E-state index is 13.8. The van der Waals surface area contributed by atoms with E-state index in [9.17, 15) is 13.6 Å². The van der Waals surface area contributed by atoms with Crippen molar-refractivity contribution in [2.75, 3.05) is 36.8 Å². The first kappa shape index (κ1) is 19.1. The number of piperazine rings is 1. The predicted molar refractivity (Wildman–Crippen MR) is 110 cm³/mol. The molecule has 1 aliphatic rings. The minimum absolute atomic E-state index is 0.129. The lowest BCUT2D eigenvalue weighted by Gasteiger charge is -2.34. The summed E-state index contributed by atoms with van der Waals surface area (Å²) in [5.74, 6) is 0.244. The van der Waals surface area contributed by atoms with Crippen LogP contribution in [0.25, 0.3) is 10.2 Å². The van der Waals surface area contributed by atoms with Crippen molar-refractivity contribution in [1.29, 1.82) is 0 Å². The fraction of sp³-hybridized carbons (Fsp3) is 0.300. The highest BCUT2D eigenvalue weighted by molar-refractivity contribution is 7.99. The lowest BCUT2D eigenvalue weighted by molar-refractivity contribution is -0.131. The Morgan fingerprint density at radius 1 is 1.07 bits per heavy atom. The molecule has 0 saturated carbocycles. The van der Waals surface area contributed by atoms with Crippen LogP contribution in [0.1, 0.15) is 6.42 Å². The van der Waals surface area contributed by atoms with Crippen molar-refractivity contribution in [1.82, 2.24) is 9.88 Å². The van der Waals surface area contributed by atoms with Gasteiger partial charge < -0.3 is 9.80 Å². The van der Waals surface area contributed by atoms with Crippen molar-refractivity contribution < 1.29 is 13.6 Å². The van der Waals surface area contributed by atoms with Crippen LogP contribution in [0.15, 0.2) is 47.4 Å². The Bertz CT molecular complexity index is 969. The number of aromatic nitrogens is 1. The summed E-state index contributed by atoms with van der Waals surface area (Å²) in [6, 6.07) is 11.3. The van der Waals surface area contributed by atoms with Gasteiger partial charge in [-0.15, -0.1) is 11.8 Å². The molecular weight excluding hydrogens is 400 g/mol. The smallest absolute Gasteiger partial charge is 0.223 e. The first-order valence-corrected chi connectivity index (χ1v) is 10.9. The molecule has 1 amide bonds. The molecule has 0 atom stereocenters. The normalized spacial score (nSPS) is 14.6. The molecule has 4 rings (SSSR count). The molecule has 1 aliphatic heterocycles. The maximum Gasteiger partial charge on any atom is 0.223 e. The fourth-order valence-electron chi connectivity index (χ4n) is 3.13. The minimum Gasteiger partial charge on any atom is -0.345 e. The quantitative estimate of drug-likeness (QED) is 0.574. The number of halogens is 2. The van der Waals surface area contributed by atoms with Gasteiger partial charge in [0.2, 0.25) is 5.91 Å². The van der Waals surface area contributed by atoms with E-state index in [1.165, 1.54) is 29.5 Å². The first-order valence-electron chi connectivity index (χ1n) is 9.06. The monoisotopic (exact) mass is 419 g/mol. The maximum atomic E-state index is 13.8. The van der Waals surface area contributed by atoms with Crippen molar-refractivity contribution in [3.8, 4) is 0 Å². The summed E-state index contributed by atoms with van der Waals surface area (Å²) in [7, 11) is 0. The van der Waals surface area contributed by atoms with Gasteiger partial charge in [0.1, 0.15) is 17.2 Å². The molecule has 2 aromatic carbocycles. The second kappa shape index (κ2) is 8.45. The number of carbonyl (C=O) groups excluding carboxylic acids is 1. The zero-order valence-electron chi connectivity index (χ0n) is 15.1. The van der Waals surface area contributed by atoms with Gasteiger partial charge in [0, 0.05) is 43.2 Å². The summed E-state index contributed by atoms with van der Waals surface area (Å²) >= 11 is 3.04. The van der Waals surface area contributed by atoms with Crippen LogP contribution in [-0.4, -0.2) is 47.7 Å². The van der Waals surface area contributed by atoms with Gasteiger partial charge in [0.15, 0.2) is 5.13 Å². The Kier molecular flexibility index (Phi) is 5.77. The van der Waals surface area contributed by atoms with Gasteiger partial charge in [-0.2, -0.15) is 0 Å². The zero-order chi connectivity index (χ0) is 19.5. The largest absolute Gasteiger partial charge is 0.345 e. The molecule has 0 spiro atoms. The van der Waals surface area contributed by atoms with Crippen LogP contribution in [0.5, 0.6) is 0 Å². The van der Waals surface area contributed by atoms with Gasteiger partial charge in [-0.1, -0.05) is 17.4 Å². The molecule has 0 aliphatic carbocycles. The van der Waals surface area contributed by atoms with Crippen molar-refractivity contribution in [2.24, 2.45) is 0 Å². The van der Waals surface area contributed by atoms with E-state index in [1.54, 1.807) is 30.0 Å². The molecule has 3 aromatic rings. The van der Waals surface area contributed by atoms with Gasteiger partial charge in [-0.3, -0.25) is 4.79 Å². The highest BCUT2D eigenvalue weighted by atomic mass is 32.2. The van der Waals surface area contributed by atoms with E-state index >= 15 is 0 Å². The Hall–Kier alpha value is -2.19. The van der Waals surface area contributed by atoms with Crippen molar-refractivity contribution in [3.63, 3.8) is 0 Å². The molecule has 28 heavy (non-hydrogen) atoms. The van der Waals surface area contributed by atoms with Crippen LogP contribution in [-0.2, 0) is 4.79 Å². The number of anilines is 1. The fourth-order valence-corrected chi connectivity index (χ4v) is 5.00. The average Bonchev–Trinajstić information content (AvgIpc) is 3.15.